The average molecular weight is 449 g/mol. The van der Waals surface area contributed by atoms with Crippen LogP contribution in [0.4, 0.5) is 0 Å². The molecule has 174 valence electrons. The van der Waals surface area contributed by atoms with E-state index in [4.69, 9.17) is 4.74 Å². The van der Waals surface area contributed by atoms with Gasteiger partial charge in [0.15, 0.2) is 0 Å². The molecule has 1 atom stereocenters. The average Bonchev–Trinajstić information content (AvgIpc) is 3.19. The SMILES string of the molecule is Cc1ccc2[nH]c3c(c2c1)CCN(C(=O)CNCCN1CCOCC1)C3c1cccc(O)c1. The van der Waals surface area contributed by atoms with Crippen molar-refractivity contribution in [2.75, 3.05) is 52.5 Å². The minimum atomic E-state index is -0.248. The first-order valence-corrected chi connectivity index (χ1v) is 11.8. The van der Waals surface area contributed by atoms with Crippen molar-refractivity contribution in [2.24, 2.45) is 0 Å². The van der Waals surface area contributed by atoms with E-state index in [1.165, 1.54) is 16.5 Å². The molecule has 2 aromatic carbocycles. The zero-order valence-electron chi connectivity index (χ0n) is 19.1. The number of aromatic hydroxyl groups is 1. The minimum Gasteiger partial charge on any atom is -0.508 e. The highest BCUT2D eigenvalue weighted by Gasteiger charge is 2.34. The van der Waals surface area contributed by atoms with Crippen LogP contribution in [0.15, 0.2) is 42.5 Å². The molecule has 0 saturated carbocycles. The Morgan fingerprint density at radius 2 is 2.03 bits per heavy atom. The molecule has 2 aliphatic rings. The van der Waals surface area contributed by atoms with Crippen molar-refractivity contribution in [2.45, 2.75) is 19.4 Å². The molecule has 7 nitrogen and oxygen atoms in total. The Morgan fingerprint density at radius 1 is 1.18 bits per heavy atom. The van der Waals surface area contributed by atoms with E-state index >= 15 is 0 Å². The quantitative estimate of drug-likeness (QED) is 0.505. The van der Waals surface area contributed by atoms with Gasteiger partial charge in [0.1, 0.15) is 5.75 Å². The van der Waals surface area contributed by atoms with Crippen molar-refractivity contribution >= 4 is 16.8 Å². The second-order valence-electron chi connectivity index (χ2n) is 9.03. The monoisotopic (exact) mass is 448 g/mol. The van der Waals surface area contributed by atoms with E-state index in [1.807, 2.05) is 17.0 Å². The van der Waals surface area contributed by atoms with Gasteiger partial charge in [0.25, 0.3) is 0 Å². The van der Waals surface area contributed by atoms with Gasteiger partial charge in [-0.1, -0.05) is 23.8 Å². The van der Waals surface area contributed by atoms with Gasteiger partial charge in [-0.3, -0.25) is 9.69 Å². The number of carbonyl (C=O) groups excluding carboxylic acids is 1. The van der Waals surface area contributed by atoms with Gasteiger partial charge >= 0.3 is 0 Å². The number of nitrogens with zero attached hydrogens (tertiary/aromatic N) is 2. The molecule has 3 aromatic rings. The number of phenols is 1. The third-order valence-electron chi connectivity index (χ3n) is 6.77. The van der Waals surface area contributed by atoms with Gasteiger partial charge in [0.2, 0.25) is 5.91 Å². The zero-order chi connectivity index (χ0) is 22.8. The highest BCUT2D eigenvalue weighted by molar-refractivity contribution is 5.87. The Hall–Kier alpha value is -2.87. The third kappa shape index (κ3) is 4.62. The maximum Gasteiger partial charge on any atom is 0.237 e. The van der Waals surface area contributed by atoms with Gasteiger partial charge in [-0.05, 0) is 48.7 Å². The summed E-state index contributed by atoms with van der Waals surface area (Å²) < 4.78 is 5.40. The van der Waals surface area contributed by atoms with Crippen molar-refractivity contribution in [1.29, 1.82) is 0 Å². The van der Waals surface area contributed by atoms with Gasteiger partial charge in [0, 0.05) is 49.3 Å². The summed E-state index contributed by atoms with van der Waals surface area (Å²) in [5, 5.41) is 14.7. The first-order chi connectivity index (χ1) is 16.1. The van der Waals surface area contributed by atoms with Crippen molar-refractivity contribution in [1.82, 2.24) is 20.1 Å². The number of benzene rings is 2. The number of nitrogens with one attached hydrogen (secondary N) is 2. The molecule has 1 amide bonds. The van der Waals surface area contributed by atoms with Gasteiger partial charge in [0.05, 0.1) is 25.8 Å². The highest BCUT2D eigenvalue weighted by atomic mass is 16.5. The van der Waals surface area contributed by atoms with Crippen LogP contribution in [-0.2, 0) is 16.0 Å². The summed E-state index contributed by atoms with van der Waals surface area (Å²) in [7, 11) is 0. The third-order valence-corrected chi connectivity index (χ3v) is 6.77. The van der Waals surface area contributed by atoms with E-state index < -0.39 is 0 Å². The molecule has 5 rings (SSSR count). The predicted octanol–water partition coefficient (Wildman–Crippen LogP) is 2.58. The molecular weight excluding hydrogens is 416 g/mol. The molecule has 0 aliphatic carbocycles. The molecule has 1 unspecified atom stereocenters. The van der Waals surface area contributed by atoms with Crippen LogP contribution in [0, 0.1) is 6.92 Å². The van der Waals surface area contributed by atoms with Crippen molar-refractivity contribution in [3.63, 3.8) is 0 Å². The van der Waals surface area contributed by atoms with Crippen LogP contribution in [-0.4, -0.2) is 78.3 Å². The normalized spacial score (nSPS) is 19.1. The summed E-state index contributed by atoms with van der Waals surface area (Å²) in [5.41, 5.74) is 5.55. The number of aryl methyl sites for hydroxylation is 1. The van der Waals surface area contributed by atoms with Crippen LogP contribution in [0.5, 0.6) is 5.75 Å². The maximum atomic E-state index is 13.4. The Balaban J connectivity index is 1.37. The van der Waals surface area contributed by atoms with Crippen LogP contribution in [0.2, 0.25) is 0 Å². The number of aromatic nitrogens is 1. The number of amides is 1. The number of hydrogen-bond donors (Lipinski definition) is 3. The number of H-pyrrole nitrogens is 1. The van der Waals surface area contributed by atoms with Gasteiger partial charge in [-0.2, -0.15) is 0 Å². The molecule has 3 N–H and O–H groups in total. The molecule has 3 heterocycles. The molecule has 0 bridgehead atoms. The minimum absolute atomic E-state index is 0.0748. The topological polar surface area (TPSA) is 80.8 Å². The summed E-state index contributed by atoms with van der Waals surface area (Å²) >= 11 is 0. The predicted molar refractivity (Wildman–Crippen MR) is 129 cm³/mol. The number of phenolic OH excluding ortho intramolecular Hbond substituents is 1. The lowest BCUT2D eigenvalue weighted by atomic mass is 9.92. The Labute approximate surface area is 194 Å². The molecule has 7 heteroatoms. The van der Waals surface area contributed by atoms with E-state index in [1.54, 1.807) is 12.1 Å². The fraction of sp³-hybridized carbons (Fsp3) is 0.423. The molecule has 33 heavy (non-hydrogen) atoms. The van der Waals surface area contributed by atoms with Crippen molar-refractivity contribution in [3.8, 4) is 5.75 Å². The highest BCUT2D eigenvalue weighted by Crippen LogP contribution is 2.39. The van der Waals surface area contributed by atoms with Crippen LogP contribution >= 0.6 is 0 Å². The van der Waals surface area contributed by atoms with Gasteiger partial charge < -0.3 is 25.0 Å². The molecular formula is C26H32N4O3. The van der Waals surface area contributed by atoms with E-state index in [-0.39, 0.29) is 17.7 Å². The molecule has 1 fully saturated rings. The summed E-state index contributed by atoms with van der Waals surface area (Å²) in [4.78, 5) is 21.2. The van der Waals surface area contributed by atoms with Crippen molar-refractivity contribution in [3.05, 3.63) is 64.8 Å². The van der Waals surface area contributed by atoms with E-state index in [9.17, 15) is 9.90 Å². The summed E-state index contributed by atoms with van der Waals surface area (Å²) in [6.45, 7) is 8.20. The first kappa shape index (κ1) is 21.9. The lowest BCUT2D eigenvalue weighted by Crippen LogP contribution is -2.46. The molecule has 1 aromatic heterocycles. The van der Waals surface area contributed by atoms with Crippen LogP contribution in [0.3, 0.4) is 0 Å². The van der Waals surface area contributed by atoms with Crippen LogP contribution in [0.1, 0.15) is 28.4 Å². The number of carbonyl (C=O) groups is 1. The fourth-order valence-corrected chi connectivity index (χ4v) is 5.07. The number of ether oxygens (including phenoxy) is 1. The number of rotatable bonds is 6. The van der Waals surface area contributed by atoms with E-state index in [0.29, 0.717) is 13.1 Å². The summed E-state index contributed by atoms with van der Waals surface area (Å²) in [6, 6.07) is 13.5. The zero-order valence-corrected chi connectivity index (χ0v) is 19.1. The maximum absolute atomic E-state index is 13.4. The Kier molecular flexibility index (Phi) is 6.35. The standard InChI is InChI=1S/C26H32N4O3/c1-18-5-6-23-22(15-18)21-7-9-30(24(32)17-27-8-10-29-11-13-33-14-12-29)26(25(21)28-23)19-3-2-4-20(31)16-19/h2-6,15-16,26-28,31H,7-14,17H2,1H3. The largest absolute Gasteiger partial charge is 0.508 e. The van der Waals surface area contributed by atoms with Crippen LogP contribution < -0.4 is 5.32 Å². The summed E-state index contributed by atoms with van der Waals surface area (Å²) in [5.74, 6) is 0.286. The number of morpholine rings is 1. The second-order valence-corrected chi connectivity index (χ2v) is 9.03. The van der Waals surface area contributed by atoms with Crippen molar-refractivity contribution < 1.29 is 14.6 Å². The summed E-state index contributed by atoms with van der Waals surface area (Å²) in [6.07, 6.45) is 0.813. The lowest BCUT2D eigenvalue weighted by molar-refractivity contribution is -0.132. The lowest BCUT2D eigenvalue weighted by Gasteiger charge is -2.36. The van der Waals surface area contributed by atoms with E-state index in [0.717, 1.165) is 62.6 Å². The van der Waals surface area contributed by atoms with Gasteiger partial charge in [-0.25, -0.2) is 0 Å². The number of hydrogen-bond acceptors (Lipinski definition) is 5. The fourth-order valence-electron chi connectivity index (χ4n) is 5.07. The van der Waals surface area contributed by atoms with Crippen LogP contribution in [0.25, 0.3) is 10.9 Å². The van der Waals surface area contributed by atoms with Gasteiger partial charge in [-0.15, -0.1) is 0 Å². The Morgan fingerprint density at radius 3 is 2.85 bits per heavy atom. The number of aromatic amines is 1. The van der Waals surface area contributed by atoms with E-state index in [2.05, 4.69) is 40.3 Å². The first-order valence-electron chi connectivity index (χ1n) is 11.8. The number of fused-ring (bicyclic) bond motifs is 3. The molecule has 1 saturated heterocycles. The second kappa shape index (κ2) is 9.55. The smallest absolute Gasteiger partial charge is 0.237 e. The molecule has 0 radical (unpaired) electrons. The Bertz CT molecular complexity index is 1140. The molecule has 0 spiro atoms. The molecule has 2 aliphatic heterocycles.